The first-order chi connectivity index (χ1) is 14.7. The summed E-state index contributed by atoms with van der Waals surface area (Å²) in [6.07, 6.45) is 1.74. The van der Waals surface area contributed by atoms with Crippen molar-refractivity contribution in [3.8, 4) is 11.3 Å². The van der Waals surface area contributed by atoms with E-state index in [0.717, 1.165) is 24.3 Å². The number of hydrogen-bond donors (Lipinski definition) is 1. The van der Waals surface area contributed by atoms with Crippen molar-refractivity contribution < 1.29 is 26.9 Å². The third-order valence-corrected chi connectivity index (χ3v) is 6.08. The van der Waals surface area contributed by atoms with Crippen molar-refractivity contribution in [2.45, 2.75) is 17.7 Å². The molecule has 11 heteroatoms. The van der Waals surface area contributed by atoms with Gasteiger partial charge in [0.1, 0.15) is 5.82 Å². The molecule has 9 nitrogen and oxygen atoms in total. The van der Waals surface area contributed by atoms with Crippen molar-refractivity contribution in [2.24, 2.45) is 0 Å². The largest absolute Gasteiger partial charge is 0.441 e. The van der Waals surface area contributed by atoms with E-state index in [-0.39, 0.29) is 47.4 Å². The number of carbonyl (C=O) groups is 1. The zero-order valence-electron chi connectivity index (χ0n) is 16.2. The number of halogens is 1. The van der Waals surface area contributed by atoms with Crippen molar-refractivity contribution in [3.63, 3.8) is 0 Å². The molecule has 0 aliphatic heterocycles. The molecule has 0 bridgehead atoms. The van der Waals surface area contributed by atoms with Gasteiger partial charge in [-0.3, -0.25) is 14.9 Å². The normalized spacial score (nSPS) is 11.3. The zero-order valence-corrected chi connectivity index (χ0v) is 17.0. The molecule has 1 heterocycles. The second-order valence-corrected chi connectivity index (χ2v) is 8.65. The molecule has 3 aromatic rings. The van der Waals surface area contributed by atoms with Gasteiger partial charge in [-0.25, -0.2) is 17.8 Å². The number of hydrogen-bond acceptors (Lipinski definition) is 7. The minimum absolute atomic E-state index is 0.0426. The second kappa shape index (κ2) is 9.47. The van der Waals surface area contributed by atoms with Crippen molar-refractivity contribution in [3.05, 3.63) is 76.6 Å². The average Bonchev–Trinajstić information content (AvgIpc) is 3.22. The van der Waals surface area contributed by atoms with Gasteiger partial charge in [0.05, 0.1) is 21.8 Å². The maximum Gasteiger partial charge on any atom is 0.269 e. The van der Waals surface area contributed by atoms with Gasteiger partial charge in [-0.1, -0.05) is 0 Å². The predicted octanol–water partition coefficient (Wildman–Crippen LogP) is 2.91. The van der Waals surface area contributed by atoms with E-state index >= 15 is 0 Å². The van der Waals surface area contributed by atoms with Gasteiger partial charge in [-0.2, -0.15) is 0 Å². The predicted molar refractivity (Wildman–Crippen MR) is 108 cm³/mol. The maximum absolute atomic E-state index is 13.0. The SMILES string of the molecule is O=C(CCc1ncc(-c2ccc(F)cc2)o1)NCCS(=O)(=O)c1ccc([N+](=O)[O-])cc1. The molecular weight excluding hydrogens is 429 g/mol. The fourth-order valence-corrected chi connectivity index (χ4v) is 3.86. The lowest BCUT2D eigenvalue weighted by atomic mass is 10.2. The fourth-order valence-electron chi connectivity index (χ4n) is 2.70. The molecule has 0 spiro atoms. The Morgan fingerprint density at radius 2 is 1.81 bits per heavy atom. The topological polar surface area (TPSA) is 132 Å². The number of amides is 1. The van der Waals surface area contributed by atoms with Gasteiger partial charge in [-0.15, -0.1) is 0 Å². The summed E-state index contributed by atoms with van der Waals surface area (Å²) in [7, 11) is -3.69. The van der Waals surface area contributed by atoms with Gasteiger partial charge < -0.3 is 9.73 Å². The Bertz CT molecular complexity index is 1170. The molecule has 31 heavy (non-hydrogen) atoms. The number of aryl methyl sites for hydroxylation is 1. The van der Waals surface area contributed by atoms with Crippen molar-refractivity contribution in [1.82, 2.24) is 10.3 Å². The van der Waals surface area contributed by atoms with Crippen molar-refractivity contribution >= 4 is 21.4 Å². The van der Waals surface area contributed by atoms with Gasteiger partial charge in [0, 0.05) is 37.1 Å². The van der Waals surface area contributed by atoms with Gasteiger partial charge in [-0.05, 0) is 36.4 Å². The highest BCUT2D eigenvalue weighted by Crippen LogP contribution is 2.21. The molecule has 0 radical (unpaired) electrons. The van der Waals surface area contributed by atoms with Crippen LogP contribution in [0.4, 0.5) is 10.1 Å². The van der Waals surface area contributed by atoms with Crippen LogP contribution < -0.4 is 5.32 Å². The zero-order chi connectivity index (χ0) is 22.4. The highest BCUT2D eigenvalue weighted by atomic mass is 32.2. The van der Waals surface area contributed by atoms with E-state index in [2.05, 4.69) is 10.3 Å². The van der Waals surface area contributed by atoms with Gasteiger partial charge >= 0.3 is 0 Å². The molecule has 162 valence electrons. The average molecular weight is 447 g/mol. The third-order valence-electron chi connectivity index (χ3n) is 4.35. The number of oxazole rings is 1. The lowest BCUT2D eigenvalue weighted by Gasteiger charge is -2.06. The molecule has 0 aliphatic rings. The highest BCUT2D eigenvalue weighted by molar-refractivity contribution is 7.91. The quantitative estimate of drug-likeness (QED) is 0.394. The second-order valence-electron chi connectivity index (χ2n) is 6.54. The van der Waals surface area contributed by atoms with Crippen LogP contribution in [0.1, 0.15) is 12.3 Å². The molecule has 2 aromatic carbocycles. The summed E-state index contributed by atoms with van der Waals surface area (Å²) in [6, 6.07) is 10.3. The molecule has 1 amide bonds. The Labute approximate surface area is 177 Å². The standard InChI is InChI=1S/C20H18FN3O6S/c21-15-3-1-14(2-4-15)18-13-23-20(30-18)10-9-19(25)22-11-12-31(28,29)17-7-5-16(6-8-17)24(26)27/h1-8,13H,9-12H2,(H,22,25). The molecule has 0 aliphatic carbocycles. The van der Waals surface area contributed by atoms with E-state index < -0.39 is 14.8 Å². The smallest absolute Gasteiger partial charge is 0.269 e. The van der Waals surface area contributed by atoms with E-state index in [1.54, 1.807) is 12.1 Å². The maximum atomic E-state index is 13.0. The Morgan fingerprint density at radius 3 is 2.45 bits per heavy atom. The lowest BCUT2D eigenvalue weighted by Crippen LogP contribution is -2.29. The summed E-state index contributed by atoms with van der Waals surface area (Å²) in [5.74, 6) is -0.307. The number of carbonyl (C=O) groups excluding carboxylic acids is 1. The number of sulfone groups is 1. The molecule has 0 saturated heterocycles. The fraction of sp³-hybridized carbons (Fsp3) is 0.200. The van der Waals surface area contributed by atoms with Crippen LogP contribution >= 0.6 is 0 Å². The van der Waals surface area contributed by atoms with Crippen LogP contribution in [0.2, 0.25) is 0 Å². The first-order valence-corrected chi connectivity index (χ1v) is 10.8. The Kier molecular flexibility index (Phi) is 6.75. The number of non-ortho nitro benzene ring substituents is 1. The molecule has 1 N–H and O–H groups in total. The number of nitrogens with zero attached hydrogens (tertiary/aromatic N) is 2. The summed E-state index contributed by atoms with van der Waals surface area (Å²) < 4.78 is 43.1. The first kappa shape index (κ1) is 22.1. The molecule has 1 aromatic heterocycles. The van der Waals surface area contributed by atoms with E-state index in [0.29, 0.717) is 17.2 Å². The van der Waals surface area contributed by atoms with Crippen LogP contribution in [0.5, 0.6) is 0 Å². The first-order valence-electron chi connectivity index (χ1n) is 9.19. The molecule has 0 fully saturated rings. The van der Waals surface area contributed by atoms with Crippen molar-refractivity contribution in [2.75, 3.05) is 12.3 Å². The van der Waals surface area contributed by atoms with Crippen LogP contribution in [0, 0.1) is 15.9 Å². The summed E-state index contributed by atoms with van der Waals surface area (Å²) in [5.41, 5.74) is 0.447. The molecule has 3 rings (SSSR count). The number of rotatable bonds is 9. The third kappa shape index (κ3) is 5.95. The highest BCUT2D eigenvalue weighted by Gasteiger charge is 2.17. The van der Waals surface area contributed by atoms with Crippen LogP contribution in [0.15, 0.2) is 64.0 Å². The van der Waals surface area contributed by atoms with E-state index in [1.165, 1.54) is 18.3 Å². The number of aromatic nitrogens is 1. The summed E-state index contributed by atoms with van der Waals surface area (Å²) >= 11 is 0. The van der Waals surface area contributed by atoms with Crippen LogP contribution in [-0.2, 0) is 21.1 Å². The van der Waals surface area contributed by atoms with E-state index in [4.69, 9.17) is 4.42 Å². The number of nitro groups is 1. The summed E-state index contributed by atoms with van der Waals surface area (Å²) in [6.45, 7) is -0.107. The Balaban J connectivity index is 1.46. The van der Waals surface area contributed by atoms with Gasteiger partial charge in [0.2, 0.25) is 5.91 Å². The van der Waals surface area contributed by atoms with Gasteiger partial charge in [0.15, 0.2) is 21.5 Å². The number of nitrogens with one attached hydrogen (secondary N) is 1. The number of benzene rings is 2. The van der Waals surface area contributed by atoms with Gasteiger partial charge in [0.25, 0.3) is 5.69 Å². The lowest BCUT2D eigenvalue weighted by molar-refractivity contribution is -0.384. The Morgan fingerprint density at radius 1 is 1.13 bits per heavy atom. The van der Waals surface area contributed by atoms with Crippen LogP contribution in [-0.4, -0.2) is 36.5 Å². The van der Waals surface area contributed by atoms with E-state index in [9.17, 15) is 27.7 Å². The van der Waals surface area contributed by atoms with Crippen molar-refractivity contribution in [1.29, 1.82) is 0 Å². The molecule has 0 saturated carbocycles. The van der Waals surface area contributed by atoms with Crippen LogP contribution in [0.3, 0.4) is 0 Å². The molecular formula is C20H18FN3O6S. The monoisotopic (exact) mass is 447 g/mol. The molecule has 0 atom stereocenters. The van der Waals surface area contributed by atoms with E-state index in [1.807, 2.05) is 0 Å². The van der Waals surface area contributed by atoms with Crippen LogP contribution in [0.25, 0.3) is 11.3 Å². The molecule has 0 unspecified atom stereocenters. The minimum atomic E-state index is -3.69. The summed E-state index contributed by atoms with van der Waals surface area (Å²) in [4.78, 5) is 26.0. The Hall–Kier alpha value is -3.60. The minimum Gasteiger partial charge on any atom is -0.441 e. The number of nitro benzene ring substituents is 1. The summed E-state index contributed by atoms with van der Waals surface area (Å²) in [5, 5.41) is 13.2.